The standard InChI is InChI=1S/C34H41N7O5.C4H6O6/c1-4-6-7-10-21-46-34(44)39-32(35)24-12-15-26(16-13-24)37-23-30-38-27-22-25(14-17-28(27)40(30)3)33(43)41(20-18-31(42)45-5-2)29-11-8-9-19-36-29;5-1(3(7)8)2(6)4(9)10/h8-9,11-17,19,22,37H,4-7,10,18,20-21,23H2,1-3H3,(H2,35,39,44);1-2,5-6H,(H,7,8)(H,9,10). The Labute approximate surface area is 322 Å². The zero-order chi connectivity index (χ0) is 41.2. The van der Waals surface area contributed by atoms with Crippen molar-refractivity contribution in [3.8, 4) is 0 Å². The summed E-state index contributed by atoms with van der Waals surface area (Å²) in [6, 6.07) is 17.9. The van der Waals surface area contributed by atoms with Crippen LogP contribution in [-0.2, 0) is 37.4 Å². The predicted octanol–water partition coefficient (Wildman–Crippen LogP) is 3.48. The third-order valence-corrected chi connectivity index (χ3v) is 8.11. The van der Waals surface area contributed by atoms with Crippen LogP contribution >= 0.6 is 0 Å². The van der Waals surface area contributed by atoms with Gasteiger partial charge in [-0.3, -0.25) is 14.5 Å². The molecule has 0 aliphatic carbocycles. The minimum absolute atomic E-state index is 0.0455. The lowest BCUT2D eigenvalue weighted by atomic mass is 10.1. The Morgan fingerprint density at radius 3 is 2.20 bits per heavy atom. The van der Waals surface area contributed by atoms with E-state index >= 15 is 0 Å². The van der Waals surface area contributed by atoms with Gasteiger partial charge in [-0.1, -0.05) is 32.3 Å². The number of hydrogen-bond acceptors (Lipinski definition) is 12. The number of carbonyl (C=O) groups excluding carboxylic acids is 3. The van der Waals surface area contributed by atoms with Gasteiger partial charge in [0, 0.05) is 36.6 Å². The Bertz CT molecular complexity index is 1950. The Morgan fingerprint density at radius 2 is 1.59 bits per heavy atom. The fraction of sp³-hybridized carbons (Fsp3) is 0.368. The number of nitrogens with zero attached hydrogens (tertiary/aromatic N) is 5. The highest BCUT2D eigenvalue weighted by Gasteiger charge is 2.29. The van der Waals surface area contributed by atoms with Crippen LogP contribution in [0, 0.1) is 0 Å². The molecule has 2 unspecified atom stereocenters. The Kier molecular flexibility index (Phi) is 17.4. The summed E-state index contributed by atoms with van der Waals surface area (Å²) in [7, 11) is 1.91. The van der Waals surface area contributed by atoms with E-state index in [2.05, 4.69) is 22.2 Å². The number of aliphatic carboxylic acids is 2. The molecule has 0 saturated heterocycles. The van der Waals surface area contributed by atoms with Crippen molar-refractivity contribution in [3.05, 3.63) is 83.8 Å². The van der Waals surface area contributed by atoms with Crippen molar-refractivity contribution in [3.63, 3.8) is 0 Å². The lowest BCUT2D eigenvalue weighted by Gasteiger charge is -2.21. The third-order valence-electron chi connectivity index (χ3n) is 8.11. The maximum absolute atomic E-state index is 13.6. The van der Waals surface area contributed by atoms with E-state index in [0.29, 0.717) is 35.6 Å². The number of pyridine rings is 1. The molecule has 18 heteroatoms. The van der Waals surface area contributed by atoms with Crippen LogP contribution in [0.1, 0.15) is 67.7 Å². The van der Waals surface area contributed by atoms with E-state index in [1.165, 1.54) is 4.90 Å². The number of benzene rings is 2. The number of aromatic nitrogens is 3. The summed E-state index contributed by atoms with van der Waals surface area (Å²) in [5.74, 6) is -2.92. The van der Waals surface area contributed by atoms with E-state index in [9.17, 15) is 24.0 Å². The molecule has 56 heavy (non-hydrogen) atoms. The number of unbranched alkanes of at least 4 members (excludes halogenated alkanes) is 3. The molecule has 2 heterocycles. The molecule has 0 spiro atoms. The summed E-state index contributed by atoms with van der Waals surface area (Å²) in [6.45, 7) is 5.02. The number of hydrogen-bond donors (Lipinski definition) is 6. The molecule has 2 aromatic carbocycles. The van der Waals surface area contributed by atoms with E-state index in [4.69, 9.17) is 40.6 Å². The number of esters is 1. The average Bonchev–Trinajstić information content (AvgIpc) is 3.51. The number of nitrogens with one attached hydrogen (secondary N) is 1. The van der Waals surface area contributed by atoms with Crippen molar-refractivity contribution in [2.75, 3.05) is 30.0 Å². The molecular formula is C38H47N7O11. The van der Waals surface area contributed by atoms with Gasteiger partial charge in [0.05, 0.1) is 37.2 Å². The number of ether oxygens (including phenoxy) is 2. The quantitative estimate of drug-likeness (QED) is 0.0365. The van der Waals surface area contributed by atoms with E-state index in [0.717, 1.165) is 42.7 Å². The van der Waals surface area contributed by atoms with Crippen LogP contribution in [-0.4, -0.2) is 103 Å². The first-order valence-electron chi connectivity index (χ1n) is 17.8. The summed E-state index contributed by atoms with van der Waals surface area (Å²) < 4.78 is 12.1. The number of imidazole rings is 1. The fourth-order valence-corrected chi connectivity index (χ4v) is 5.06. The Hall–Kier alpha value is -6.40. The minimum Gasteiger partial charge on any atom is -0.479 e. The maximum atomic E-state index is 13.6. The SMILES string of the molecule is CCCCCCOC(=O)/N=C(/N)c1ccc(NCc2nc3cc(C(=O)N(CCC(=O)OCC)c4ccccn4)ccc3n2C)cc1.O=C(O)C(O)C(O)C(=O)O. The zero-order valence-electron chi connectivity index (χ0n) is 31.3. The van der Waals surface area contributed by atoms with Crippen molar-refractivity contribution in [1.82, 2.24) is 14.5 Å². The number of carboxylic acid groups (broad SMARTS) is 2. The van der Waals surface area contributed by atoms with E-state index in [1.807, 2.05) is 29.8 Å². The lowest BCUT2D eigenvalue weighted by molar-refractivity contribution is -0.165. The third kappa shape index (κ3) is 13.2. The fourth-order valence-electron chi connectivity index (χ4n) is 5.06. The Morgan fingerprint density at radius 1 is 0.911 bits per heavy atom. The van der Waals surface area contributed by atoms with E-state index in [-0.39, 0.29) is 37.3 Å². The topological polar surface area (TPSA) is 269 Å². The number of fused-ring (bicyclic) bond motifs is 1. The number of amides is 2. The van der Waals surface area contributed by atoms with Crippen LogP contribution in [0.4, 0.5) is 16.3 Å². The first-order chi connectivity index (χ1) is 26.8. The van der Waals surface area contributed by atoms with Crippen molar-refractivity contribution >= 4 is 58.3 Å². The van der Waals surface area contributed by atoms with Crippen molar-refractivity contribution in [2.45, 2.75) is 64.7 Å². The van der Waals surface area contributed by atoms with Gasteiger partial charge in [0.2, 0.25) is 0 Å². The highest BCUT2D eigenvalue weighted by Crippen LogP contribution is 2.21. The summed E-state index contributed by atoms with van der Waals surface area (Å²) in [5.41, 5.74) is 9.40. The molecule has 2 amide bonds. The molecule has 300 valence electrons. The smallest absolute Gasteiger partial charge is 0.435 e. The largest absolute Gasteiger partial charge is 0.479 e. The molecule has 0 saturated carbocycles. The monoisotopic (exact) mass is 777 g/mol. The summed E-state index contributed by atoms with van der Waals surface area (Å²) in [6.07, 6.45) is 0.462. The zero-order valence-corrected chi connectivity index (χ0v) is 31.3. The molecule has 0 aliphatic rings. The van der Waals surface area contributed by atoms with Gasteiger partial charge in [0.15, 0.2) is 12.2 Å². The van der Waals surface area contributed by atoms with Gasteiger partial charge < -0.3 is 45.5 Å². The number of anilines is 2. The molecule has 7 N–H and O–H groups in total. The summed E-state index contributed by atoms with van der Waals surface area (Å²) in [5, 5.41) is 35.9. The van der Waals surface area contributed by atoms with Crippen LogP contribution in [0.15, 0.2) is 71.9 Å². The van der Waals surface area contributed by atoms with Crippen LogP contribution in [0.5, 0.6) is 0 Å². The van der Waals surface area contributed by atoms with E-state index < -0.39 is 30.2 Å². The van der Waals surface area contributed by atoms with Gasteiger partial charge in [0.25, 0.3) is 5.91 Å². The molecule has 0 bridgehead atoms. The van der Waals surface area contributed by atoms with Gasteiger partial charge in [-0.25, -0.2) is 24.4 Å². The maximum Gasteiger partial charge on any atom is 0.435 e. The van der Waals surface area contributed by atoms with Crippen LogP contribution in [0.25, 0.3) is 11.0 Å². The molecule has 2 atom stereocenters. The number of aliphatic hydroxyl groups is 2. The molecule has 0 radical (unpaired) electrons. The first kappa shape index (κ1) is 44.0. The second kappa shape index (κ2) is 22.1. The van der Waals surface area contributed by atoms with Crippen LogP contribution in [0.3, 0.4) is 0 Å². The second-order valence-electron chi connectivity index (χ2n) is 12.2. The van der Waals surface area contributed by atoms with Gasteiger partial charge in [-0.05, 0) is 67.9 Å². The normalized spacial score (nSPS) is 12.1. The number of carbonyl (C=O) groups is 5. The molecule has 18 nitrogen and oxygen atoms in total. The number of aliphatic imine (C=N–C) groups is 1. The first-order valence-corrected chi connectivity index (χ1v) is 17.8. The summed E-state index contributed by atoms with van der Waals surface area (Å²) in [4.78, 5) is 71.6. The number of amidine groups is 1. The number of aliphatic hydroxyl groups excluding tert-OH is 2. The highest BCUT2D eigenvalue weighted by atomic mass is 16.5. The van der Waals surface area contributed by atoms with Crippen molar-refractivity contribution in [2.24, 2.45) is 17.8 Å². The van der Waals surface area contributed by atoms with Crippen LogP contribution < -0.4 is 16.0 Å². The number of rotatable bonds is 18. The molecular weight excluding hydrogens is 730 g/mol. The van der Waals surface area contributed by atoms with Crippen LogP contribution in [0.2, 0.25) is 0 Å². The molecule has 4 aromatic rings. The molecule has 0 aliphatic heterocycles. The Balaban J connectivity index is 0.000000739. The lowest BCUT2D eigenvalue weighted by Crippen LogP contribution is -2.39. The van der Waals surface area contributed by atoms with E-state index in [1.54, 1.807) is 55.6 Å². The van der Waals surface area contributed by atoms with Gasteiger partial charge in [0.1, 0.15) is 17.5 Å². The minimum atomic E-state index is -2.27. The molecule has 2 aromatic heterocycles. The highest BCUT2D eigenvalue weighted by molar-refractivity contribution is 6.07. The number of nitrogens with two attached hydrogens (primary N) is 1. The van der Waals surface area contributed by atoms with Gasteiger partial charge >= 0.3 is 24.0 Å². The average molecular weight is 778 g/mol. The van der Waals surface area contributed by atoms with Gasteiger partial charge in [-0.2, -0.15) is 4.99 Å². The number of carboxylic acids is 2. The molecule has 4 rings (SSSR count). The van der Waals surface area contributed by atoms with Crippen molar-refractivity contribution < 1.29 is 53.9 Å². The summed E-state index contributed by atoms with van der Waals surface area (Å²) >= 11 is 0. The predicted molar refractivity (Wildman–Crippen MR) is 205 cm³/mol. The van der Waals surface area contributed by atoms with Crippen molar-refractivity contribution in [1.29, 1.82) is 0 Å². The molecule has 0 fully saturated rings. The van der Waals surface area contributed by atoms with Gasteiger partial charge in [-0.15, -0.1) is 0 Å². The number of aryl methyl sites for hydroxylation is 1. The second-order valence-corrected chi connectivity index (χ2v) is 12.2.